The molecule has 1 aromatic carbocycles. The number of ether oxygens (including phenoxy) is 1. The minimum Gasteiger partial charge on any atom is -0.375 e. The number of halogens is 3. The molecule has 0 atom stereocenters. The Labute approximate surface area is 191 Å². The van der Waals surface area contributed by atoms with Crippen LogP contribution in [0.3, 0.4) is 0 Å². The van der Waals surface area contributed by atoms with Gasteiger partial charge in [-0.05, 0) is 30.3 Å². The monoisotopic (exact) mass is 478 g/mol. The van der Waals surface area contributed by atoms with Gasteiger partial charge in [0.05, 0.1) is 5.52 Å². The fourth-order valence-electron chi connectivity index (χ4n) is 2.94. The molecule has 2 heterocycles. The predicted octanol–water partition coefficient (Wildman–Crippen LogP) is 1.58. The molecule has 0 saturated carbocycles. The molecule has 3 rings (SSSR count). The van der Waals surface area contributed by atoms with E-state index in [2.05, 4.69) is 30.8 Å². The molecule has 0 saturated heterocycles. The Morgan fingerprint density at radius 1 is 1.06 bits per heavy atom. The van der Waals surface area contributed by atoms with Crippen LogP contribution in [0.1, 0.15) is 16.2 Å². The molecule has 3 aromatic rings. The molecule has 180 valence electrons. The quantitative estimate of drug-likeness (QED) is 0.401. The number of pyridine rings is 1. The van der Waals surface area contributed by atoms with E-state index < -0.39 is 17.8 Å². The molecule has 0 unspecified atom stereocenters. The molecule has 0 aliphatic rings. The van der Waals surface area contributed by atoms with Gasteiger partial charge >= 0.3 is 6.18 Å². The summed E-state index contributed by atoms with van der Waals surface area (Å²) >= 11 is 0. The summed E-state index contributed by atoms with van der Waals surface area (Å²) < 4.78 is 44.5. The van der Waals surface area contributed by atoms with Crippen molar-refractivity contribution in [1.82, 2.24) is 25.4 Å². The number of benzene rings is 1. The summed E-state index contributed by atoms with van der Waals surface area (Å²) in [5, 5.41) is 12.6. The van der Waals surface area contributed by atoms with E-state index in [4.69, 9.17) is 0 Å². The van der Waals surface area contributed by atoms with Gasteiger partial charge in [0.2, 0.25) is 11.8 Å². The van der Waals surface area contributed by atoms with E-state index in [1.807, 2.05) is 0 Å². The molecule has 3 N–H and O–H groups in total. The zero-order valence-corrected chi connectivity index (χ0v) is 18.0. The third-order valence-electron chi connectivity index (χ3n) is 4.43. The van der Waals surface area contributed by atoms with Gasteiger partial charge in [-0.1, -0.05) is 6.07 Å². The highest BCUT2D eigenvalue weighted by atomic mass is 19.4. The molecule has 0 aliphatic carbocycles. The lowest BCUT2D eigenvalue weighted by molar-refractivity contribution is -0.141. The molecular weight excluding hydrogens is 457 g/mol. The zero-order valence-electron chi connectivity index (χ0n) is 18.0. The van der Waals surface area contributed by atoms with Crippen molar-refractivity contribution in [2.75, 3.05) is 32.1 Å². The zero-order chi connectivity index (χ0) is 24.7. The van der Waals surface area contributed by atoms with E-state index in [-0.39, 0.29) is 43.7 Å². The van der Waals surface area contributed by atoms with E-state index in [1.165, 1.54) is 23.9 Å². The maximum Gasteiger partial charge on any atom is 0.433 e. The van der Waals surface area contributed by atoms with Gasteiger partial charge in [0, 0.05) is 37.5 Å². The maximum absolute atomic E-state index is 12.8. The van der Waals surface area contributed by atoms with E-state index in [0.29, 0.717) is 16.6 Å². The third-order valence-corrected chi connectivity index (χ3v) is 4.43. The van der Waals surface area contributed by atoms with Crippen LogP contribution in [0.25, 0.3) is 10.9 Å². The standard InChI is InChI=1S/C21H21F3N6O4/c1-34-12-19(32)26-8-7-25-18(31)11-30-10-13-9-14(5-6-15(13)29-30)27-20(33)16-3-2-4-17(28-16)21(22,23)24/h2-6,9-10H,7-8,11-12H2,1H3,(H,25,31)(H,26,32)(H,27,33). The first-order valence-electron chi connectivity index (χ1n) is 10.0. The second-order valence-electron chi connectivity index (χ2n) is 7.09. The van der Waals surface area contributed by atoms with Crippen LogP contribution >= 0.6 is 0 Å². The van der Waals surface area contributed by atoms with Crippen molar-refractivity contribution in [1.29, 1.82) is 0 Å². The summed E-state index contributed by atoms with van der Waals surface area (Å²) in [5.74, 6) is -1.41. The van der Waals surface area contributed by atoms with Crippen LogP contribution in [0, 0.1) is 0 Å². The number of aromatic nitrogens is 3. The van der Waals surface area contributed by atoms with Crippen LogP contribution in [0.15, 0.2) is 42.6 Å². The van der Waals surface area contributed by atoms with Crippen LogP contribution in [-0.2, 0) is 27.0 Å². The molecule has 2 aromatic heterocycles. The van der Waals surface area contributed by atoms with E-state index in [9.17, 15) is 27.6 Å². The maximum atomic E-state index is 12.8. The number of carbonyl (C=O) groups is 3. The summed E-state index contributed by atoms with van der Waals surface area (Å²) in [4.78, 5) is 39.0. The van der Waals surface area contributed by atoms with E-state index in [0.717, 1.165) is 12.1 Å². The molecule has 0 radical (unpaired) electrons. The van der Waals surface area contributed by atoms with Crippen molar-refractivity contribution in [3.63, 3.8) is 0 Å². The third kappa shape index (κ3) is 6.75. The molecule has 3 amide bonds. The van der Waals surface area contributed by atoms with Gasteiger partial charge in [0.1, 0.15) is 24.5 Å². The summed E-state index contributed by atoms with van der Waals surface area (Å²) in [7, 11) is 1.40. The summed E-state index contributed by atoms with van der Waals surface area (Å²) in [6.45, 7) is 0.344. The lowest BCUT2D eigenvalue weighted by atomic mass is 10.2. The summed E-state index contributed by atoms with van der Waals surface area (Å²) in [5.41, 5.74) is -0.657. The van der Waals surface area contributed by atoms with E-state index >= 15 is 0 Å². The van der Waals surface area contributed by atoms with Crippen LogP contribution in [0.2, 0.25) is 0 Å². The SMILES string of the molecule is COCC(=O)NCCNC(=O)Cn1cc2cc(NC(=O)c3cccc(C(F)(F)F)n3)ccc2n1. The highest BCUT2D eigenvalue weighted by Crippen LogP contribution is 2.27. The number of carbonyl (C=O) groups excluding carboxylic acids is 3. The number of hydrogen-bond donors (Lipinski definition) is 3. The van der Waals surface area contributed by atoms with Gasteiger partial charge in [-0.3, -0.25) is 19.1 Å². The molecule has 10 nitrogen and oxygen atoms in total. The lowest BCUT2D eigenvalue weighted by Crippen LogP contribution is -2.37. The second kappa shape index (κ2) is 10.7. The molecular formula is C21H21F3N6O4. The fraction of sp³-hybridized carbons (Fsp3) is 0.286. The normalized spacial score (nSPS) is 11.3. The Morgan fingerprint density at radius 3 is 2.50 bits per heavy atom. The molecule has 0 fully saturated rings. The number of amides is 3. The minimum atomic E-state index is -4.66. The first kappa shape index (κ1) is 24.6. The highest BCUT2D eigenvalue weighted by molar-refractivity contribution is 6.03. The first-order chi connectivity index (χ1) is 16.2. The van der Waals surface area contributed by atoms with Crippen molar-refractivity contribution in [2.24, 2.45) is 0 Å². The van der Waals surface area contributed by atoms with Crippen molar-refractivity contribution in [3.05, 3.63) is 54.0 Å². The van der Waals surface area contributed by atoms with Crippen LogP contribution in [0.4, 0.5) is 18.9 Å². The number of alkyl halides is 3. The lowest BCUT2D eigenvalue weighted by Gasteiger charge is -2.08. The topological polar surface area (TPSA) is 127 Å². The van der Waals surface area contributed by atoms with Crippen LogP contribution in [-0.4, -0.2) is 59.3 Å². The molecule has 13 heteroatoms. The average Bonchev–Trinajstić information content (AvgIpc) is 3.18. The van der Waals surface area contributed by atoms with Crippen LogP contribution in [0.5, 0.6) is 0 Å². The molecule has 34 heavy (non-hydrogen) atoms. The number of anilines is 1. The Balaban J connectivity index is 1.58. The Kier molecular flexibility index (Phi) is 7.79. The smallest absolute Gasteiger partial charge is 0.375 e. The van der Waals surface area contributed by atoms with Crippen molar-refractivity contribution in [2.45, 2.75) is 12.7 Å². The van der Waals surface area contributed by atoms with Gasteiger partial charge in [0.25, 0.3) is 5.91 Å². The highest BCUT2D eigenvalue weighted by Gasteiger charge is 2.32. The van der Waals surface area contributed by atoms with Crippen molar-refractivity contribution in [3.8, 4) is 0 Å². The minimum absolute atomic E-state index is 0.0628. The number of methoxy groups -OCH3 is 1. The first-order valence-corrected chi connectivity index (χ1v) is 10.0. The number of nitrogens with one attached hydrogen (secondary N) is 3. The van der Waals surface area contributed by atoms with Gasteiger partial charge < -0.3 is 20.7 Å². The van der Waals surface area contributed by atoms with Crippen molar-refractivity contribution >= 4 is 34.3 Å². The van der Waals surface area contributed by atoms with Crippen molar-refractivity contribution < 1.29 is 32.3 Å². The number of hydrogen-bond acceptors (Lipinski definition) is 6. The number of rotatable bonds is 9. The average molecular weight is 478 g/mol. The molecule has 0 spiro atoms. The number of fused-ring (bicyclic) bond motifs is 1. The van der Waals surface area contributed by atoms with Gasteiger partial charge in [-0.25, -0.2) is 4.98 Å². The molecule has 0 aliphatic heterocycles. The summed E-state index contributed by atoms with van der Waals surface area (Å²) in [6.07, 6.45) is -3.07. The Bertz CT molecular complexity index is 1190. The Hall–Kier alpha value is -4.00. The van der Waals surface area contributed by atoms with Crippen LogP contribution < -0.4 is 16.0 Å². The number of nitrogens with zero attached hydrogens (tertiary/aromatic N) is 3. The van der Waals surface area contributed by atoms with E-state index in [1.54, 1.807) is 18.3 Å². The Morgan fingerprint density at radius 2 is 1.79 bits per heavy atom. The largest absolute Gasteiger partial charge is 0.433 e. The second-order valence-corrected chi connectivity index (χ2v) is 7.09. The van der Waals surface area contributed by atoms with Gasteiger partial charge in [-0.15, -0.1) is 0 Å². The predicted molar refractivity (Wildman–Crippen MR) is 115 cm³/mol. The summed E-state index contributed by atoms with van der Waals surface area (Å²) in [6, 6.07) is 7.79. The fourth-order valence-corrected chi connectivity index (χ4v) is 2.94. The molecule has 0 bridgehead atoms. The van der Waals surface area contributed by atoms with Gasteiger partial charge in [-0.2, -0.15) is 18.3 Å². The van der Waals surface area contributed by atoms with Gasteiger partial charge in [0.15, 0.2) is 0 Å².